The molecule has 5 aromatic rings. The van der Waals surface area contributed by atoms with Gasteiger partial charge in [-0.3, -0.25) is 9.59 Å². The van der Waals surface area contributed by atoms with Crippen LogP contribution >= 0.6 is 11.6 Å². The van der Waals surface area contributed by atoms with Gasteiger partial charge in [-0.2, -0.15) is 0 Å². The number of rotatable bonds is 7. The van der Waals surface area contributed by atoms with Crippen molar-refractivity contribution >= 4 is 34.3 Å². The zero-order valence-electron chi connectivity index (χ0n) is 20.6. The molecule has 1 heterocycles. The van der Waals surface area contributed by atoms with Crippen molar-refractivity contribution in [2.45, 2.75) is 26.3 Å². The van der Waals surface area contributed by atoms with E-state index in [1.54, 1.807) is 36.4 Å². The molecule has 0 radical (unpaired) electrons. The lowest BCUT2D eigenvalue weighted by molar-refractivity contribution is -0.120. The minimum atomic E-state index is -0.254. The average Bonchev–Trinajstić information content (AvgIpc) is 3.32. The summed E-state index contributed by atoms with van der Waals surface area (Å²) in [6.45, 7) is 4.13. The number of halogens is 1. The number of furan rings is 1. The quantitative estimate of drug-likeness (QED) is 0.234. The van der Waals surface area contributed by atoms with Crippen LogP contribution in [0, 0.1) is 13.8 Å². The molecule has 0 aliphatic carbocycles. The minimum absolute atomic E-state index is 0.0888. The second-order valence-electron chi connectivity index (χ2n) is 9.27. The van der Waals surface area contributed by atoms with E-state index in [1.807, 2.05) is 42.5 Å². The molecule has 4 nitrogen and oxygen atoms in total. The summed E-state index contributed by atoms with van der Waals surface area (Å²) in [6, 6.07) is 30.0. The molecule has 4 aromatic carbocycles. The van der Waals surface area contributed by atoms with Crippen LogP contribution in [0.4, 0.5) is 0 Å². The van der Waals surface area contributed by atoms with Crippen molar-refractivity contribution in [1.29, 1.82) is 0 Å². The molecule has 37 heavy (non-hydrogen) atoms. The number of fused-ring (bicyclic) bond motifs is 1. The Kier molecular flexibility index (Phi) is 6.93. The summed E-state index contributed by atoms with van der Waals surface area (Å²) < 4.78 is 5.79. The van der Waals surface area contributed by atoms with Crippen LogP contribution in [0.25, 0.3) is 11.0 Å². The third-order valence-electron chi connectivity index (χ3n) is 6.45. The van der Waals surface area contributed by atoms with Crippen molar-refractivity contribution in [3.05, 3.63) is 141 Å². The summed E-state index contributed by atoms with van der Waals surface area (Å²) in [5.41, 5.74) is 6.34. The van der Waals surface area contributed by atoms with E-state index in [1.165, 1.54) is 5.56 Å². The minimum Gasteiger partial charge on any atom is -0.453 e. The molecule has 0 saturated heterocycles. The van der Waals surface area contributed by atoms with Gasteiger partial charge in [0, 0.05) is 16.0 Å². The van der Waals surface area contributed by atoms with Crippen LogP contribution < -0.4 is 5.32 Å². The van der Waals surface area contributed by atoms with E-state index >= 15 is 0 Å². The number of hydrogen-bond donors (Lipinski definition) is 1. The third-order valence-corrected chi connectivity index (χ3v) is 6.70. The molecule has 5 heteroatoms. The summed E-state index contributed by atoms with van der Waals surface area (Å²) >= 11 is 5.93. The van der Waals surface area contributed by atoms with Gasteiger partial charge in [0.25, 0.3) is 0 Å². The van der Waals surface area contributed by atoms with E-state index in [2.05, 4.69) is 37.4 Å². The van der Waals surface area contributed by atoms with Gasteiger partial charge in [0.1, 0.15) is 5.58 Å². The van der Waals surface area contributed by atoms with Gasteiger partial charge in [0.2, 0.25) is 11.7 Å². The van der Waals surface area contributed by atoms with E-state index in [9.17, 15) is 9.59 Å². The van der Waals surface area contributed by atoms with E-state index in [0.29, 0.717) is 16.2 Å². The molecule has 1 unspecified atom stereocenters. The molecule has 1 atom stereocenters. The van der Waals surface area contributed by atoms with Gasteiger partial charge in [-0.1, -0.05) is 71.8 Å². The maximum atomic E-state index is 13.2. The first-order valence-corrected chi connectivity index (χ1v) is 12.5. The zero-order chi connectivity index (χ0) is 25.9. The number of carbonyl (C=O) groups excluding carboxylic acids is 2. The first-order chi connectivity index (χ1) is 17.9. The number of ketones is 1. The summed E-state index contributed by atoms with van der Waals surface area (Å²) in [5, 5.41) is 4.57. The Morgan fingerprint density at radius 3 is 2.35 bits per heavy atom. The fourth-order valence-electron chi connectivity index (χ4n) is 4.59. The topological polar surface area (TPSA) is 59.3 Å². The molecule has 0 aliphatic rings. The van der Waals surface area contributed by atoms with Crippen LogP contribution in [0.3, 0.4) is 0 Å². The number of nitrogens with one attached hydrogen (secondary N) is 1. The van der Waals surface area contributed by atoms with Crippen molar-refractivity contribution in [1.82, 2.24) is 5.32 Å². The molecule has 184 valence electrons. The van der Waals surface area contributed by atoms with Crippen molar-refractivity contribution in [2.24, 2.45) is 0 Å². The van der Waals surface area contributed by atoms with Crippen molar-refractivity contribution in [3.63, 3.8) is 0 Å². The Morgan fingerprint density at radius 1 is 0.865 bits per heavy atom. The summed E-state index contributed by atoms with van der Waals surface area (Å²) in [6.07, 6.45) is 0.204. The lowest BCUT2D eigenvalue weighted by atomic mass is 9.93. The van der Waals surface area contributed by atoms with E-state index in [4.69, 9.17) is 16.0 Å². The predicted octanol–water partition coefficient (Wildman–Crippen LogP) is 7.38. The van der Waals surface area contributed by atoms with Crippen LogP contribution in [-0.4, -0.2) is 11.7 Å². The molecule has 5 rings (SSSR count). The molecule has 1 amide bonds. The van der Waals surface area contributed by atoms with Gasteiger partial charge in [-0.15, -0.1) is 0 Å². The van der Waals surface area contributed by atoms with Gasteiger partial charge >= 0.3 is 0 Å². The van der Waals surface area contributed by atoms with Crippen LogP contribution in [0.5, 0.6) is 0 Å². The Labute approximate surface area is 220 Å². The number of hydrogen-bond acceptors (Lipinski definition) is 3. The second kappa shape index (κ2) is 10.5. The standard InChI is InChI=1S/C32H26ClNO3/c1-20-8-14-27(21(2)16-20)31(23-6-4-3-5-7-23)34-30(35)18-22-9-15-28-25(17-22)19-29(37-28)32(36)24-10-12-26(33)13-11-24/h3-17,19,31H,18H2,1-2H3,(H,34,35). The van der Waals surface area contributed by atoms with Crippen molar-refractivity contribution < 1.29 is 14.0 Å². The van der Waals surface area contributed by atoms with Crippen LogP contribution in [0.15, 0.2) is 101 Å². The highest BCUT2D eigenvalue weighted by Gasteiger charge is 2.20. The van der Waals surface area contributed by atoms with Crippen molar-refractivity contribution in [2.75, 3.05) is 0 Å². The van der Waals surface area contributed by atoms with E-state index in [-0.39, 0.29) is 29.9 Å². The Morgan fingerprint density at radius 2 is 1.62 bits per heavy atom. The smallest absolute Gasteiger partial charge is 0.228 e. The molecule has 0 spiro atoms. The number of carbonyl (C=O) groups is 2. The molecule has 1 aromatic heterocycles. The fraction of sp³-hybridized carbons (Fsp3) is 0.125. The van der Waals surface area contributed by atoms with E-state index in [0.717, 1.165) is 27.6 Å². The Bertz CT molecular complexity index is 1590. The Balaban J connectivity index is 1.36. The highest BCUT2D eigenvalue weighted by atomic mass is 35.5. The maximum Gasteiger partial charge on any atom is 0.228 e. The lowest BCUT2D eigenvalue weighted by Crippen LogP contribution is -2.31. The third kappa shape index (κ3) is 5.50. The molecule has 0 aliphatic heterocycles. The molecule has 0 bridgehead atoms. The summed E-state index contributed by atoms with van der Waals surface area (Å²) in [4.78, 5) is 26.0. The molecular formula is C32H26ClNO3. The van der Waals surface area contributed by atoms with Crippen molar-refractivity contribution in [3.8, 4) is 0 Å². The first-order valence-electron chi connectivity index (χ1n) is 12.1. The van der Waals surface area contributed by atoms with Gasteiger partial charge < -0.3 is 9.73 Å². The maximum absolute atomic E-state index is 13.2. The lowest BCUT2D eigenvalue weighted by Gasteiger charge is -2.22. The second-order valence-corrected chi connectivity index (χ2v) is 9.70. The average molecular weight is 508 g/mol. The summed E-state index contributed by atoms with van der Waals surface area (Å²) in [7, 11) is 0. The fourth-order valence-corrected chi connectivity index (χ4v) is 4.72. The van der Waals surface area contributed by atoms with Gasteiger partial charge in [-0.05, 0) is 78.6 Å². The predicted molar refractivity (Wildman–Crippen MR) is 147 cm³/mol. The first kappa shape index (κ1) is 24.5. The van der Waals surface area contributed by atoms with E-state index < -0.39 is 0 Å². The largest absolute Gasteiger partial charge is 0.453 e. The molecule has 0 saturated carbocycles. The molecule has 0 fully saturated rings. The monoisotopic (exact) mass is 507 g/mol. The van der Waals surface area contributed by atoms with Crippen LogP contribution in [0.2, 0.25) is 5.02 Å². The summed E-state index contributed by atoms with van der Waals surface area (Å²) in [5.74, 6) is -0.0571. The van der Waals surface area contributed by atoms with Gasteiger partial charge in [-0.25, -0.2) is 0 Å². The SMILES string of the molecule is Cc1ccc(C(NC(=O)Cc2ccc3oc(C(=O)c4ccc(Cl)cc4)cc3c2)c2ccccc2)c(C)c1. The van der Waals surface area contributed by atoms with Gasteiger partial charge in [0.15, 0.2) is 5.76 Å². The van der Waals surface area contributed by atoms with Gasteiger partial charge in [0.05, 0.1) is 12.5 Å². The normalized spacial score (nSPS) is 11.9. The van der Waals surface area contributed by atoms with Crippen LogP contribution in [-0.2, 0) is 11.2 Å². The number of aryl methyl sites for hydroxylation is 2. The Hall–Kier alpha value is -4.15. The zero-order valence-corrected chi connectivity index (χ0v) is 21.4. The molecular weight excluding hydrogens is 482 g/mol. The molecule has 1 N–H and O–H groups in total. The highest BCUT2D eigenvalue weighted by molar-refractivity contribution is 6.30. The number of benzene rings is 4. The van der Waals surface area contributed by atoms with Crippen LogP contribution in [0.1, 0.15) is 50.0 Å². The highest BCUT2D eigenvalue weighted by Crippen LogP contribution is 2.27. The number of amides is 1.